The van der Waals surface area contributed by atoms with Crippen molar-refractivity contribution in [2.75, 3.05) is 18.4 Å². The normalized spacial score (nSPS) is 22.2. The Balaban J connectivity index is 1.92. The smallest absolute Gasteiger partial charge is 0.231 e. The predicted octanol–water partition coefficient (Wildman–Crippen LogP) is 3.22. The first kappa shape index (κ1) is 14.3. The molecule has 0 aliphatic carbocycles. The number of benzene rings is 1. The summed E-state index contributed by atoms with van der Waals surface area (Å²) in [6.07, 6.45) is 3.62. The zero-order valence-corrected chi connectivity index (χ0v) is 12.7. The van der Waals surface area contributed by atoms with Crippen LogP contribution >= 0.6 is 11.6 Å². The highest BCUT2D eigenvalue weighted by Crippen LogP contribution is 2.30. The molecule has 4 nitrogen and oxygen atoms in total. The molecular formula is C16H18ClN3O. The molecule has 1 atom stereocenters. The van der Waals surface area contributed by atoms with E-state index in [0.717, 1.165) is 30.3 Å². The summed E-state index contributed by atoms with van der Waals surface area (Å²) in [4.78, 5) is 17.0. The Bertz CT molecular complexity index is 680. The monoisotopic (exact) mass is 303 g/mol. The Hall–Kier alpha value is -1.65. The number of carbonyl (C=O) groups is 1. The average molecular weight is 304 g/mol. The maximum absolute atomic E-state index is 12.6. The maximum atomic E-state index is 12.6. The topological polar surface area (TPSA) is 54.0 Å². The SMILES string of the molecule is CC1(C(=O)Nc2cc(Cl)cc3cccnc23)CCCNC1. The van der Waals surface area contributed by atoms with Gasteiger partial charge in [0.2, 0.25) is 5.91 Å². The van der Waals surface area contributed by atoms with Crippen molar-refractivity contribution in [2.45, 2.75) is 19.8 Å². The molecule has 110 valence electrons. The van der Waals surface area contributed by atoms with E-state index < -0.39 is 0 Å². The van der Waals surface area contributed by atoms with Gasteiger partial charge in [-0.3, -0.25) is 9.78 Å². The minimum atomic E-state index is -0.387. The highest BCUT2D eigenvalue weighted by molar-refractivity contribution is 6.32. The van der Waals surface area contributed by atoms with Crippen molar-refractivity contribution >= 4 is 34.1 Å². The molecule has 1 aromatic carbocycles. The Morgan fingerprint density at radius 2 is 2.33 bits per heavy atom. The van der Waals surface area contributed by atoms with E-state index in [1.54, 1.807) is 12.3 Å². The van der Waals surface area contributed by atoms with Crippen LogP contribution in [0.1, 0.15) is 19.8 Å². The number of piperidine rings is 1. The fraction of sp³-hybridized carbons (Fsp3) is 0.375. The molecule has 5 heteroatoms. The number of fused-ring (bicyclic) bond motifs is 1. The average Bonchev–Trinajstić information content (AvgIpc) is 2.47. The van der Waals surface area contributed by atoms with Crippen LogP contribution in [-0.2, 0) is 4.79 Å². The van der Waals surface area contributed by atoms with Gasteiger partial charge in [0, 0.05) is 23.2 Å². The van der Waals surface area contributed by atoms with Gasteiger partial charge in [0.15, 0.2) is 0 Å². The molecule has 3 rings (SSSR count). The van der Waals surface area contributed by atoms with Crippen LogP contribution in [0.5, 0.6) is 0 Å². The molecule has 1 saturated heterocycles. The van der Waals surface area contributed by atoms with Crippen LogP contribution < -0.4 is 10.6 Å². The summed E-state index contributed by atoms with van der Waals surface area (Å²) in [5.41, 5.74) is 1.05. The van der Waals surface area contributed by atoms with E-state index in [-0.39, 0.29) is 11.3 Å². The van der Waals surface area contributed by atoms with Crippen molar-refractivity contribution in [2.24, 2.45) is 5.41 Å². The molecule has 2 N–H and O–H groups in total. The largest absolute Gasteiger partial charge is 0.324 e. The lowest BCUT2D eigenvalue weighted by Gasteiger charge is -2.32. The second kappa shape index (κ2) is 5.62. The van der Waals surface area contributed by atoms with Gasteiger partial charge >= 0.3 is 0 Å². The molecule has 0 spiro atoms. The van der Waals surface area contributed by atoms with E-state index in [2.05, 4.69) is 15.6 Å². The van der Waals surface area contributed by atoms with Gasteiger partial charge in [-0.25, -0.2) is 0 Å². The standard InChI is InChI=1S/C16H18ClN3O/c1-16(5-3-6-18-10-16)15(21)20-13-9-12(17)8-11-4-2-7-19-14(11)13/h2,4,7-9,18H,3,5-6,10H2,1H3,(H,20,21). The second-order valence-electron chi connectivity index (χ2n) is 5.82. The summed E-state index contributed by atoms with van der Waals surface area (Å²) < 4.78 is 0. The predicted molar refractivity (Wildman–Crippen MR) is 85.6 cm³/mol. The number of amides is 1. The van der Waals surface area contributed by atoms with Crippen LogP contribution in [0.4, 0.5) is 5.69 Å². The Kier molecular flexibility index (Phi) is 3.83. The van der Waals surface area contributed by atoms with E-state index in [0.29, 0.717) is 17.3 Å². The molecule has 1 aliphatic rings. The molecule has 21 heavy (non-hydrogen) atoms. The number of anilines is 1. The van der Waals surface area contributed by atoms with E-state index in [1.807, 2.05) is 25.1 Å². The lowest BCUT2D eigenvalue weighted by atomic mass is 9.82. The number of carbonyl (C=O) groups excluding carboxylic acids is 1. The van der Waals surface area contributed by atoms with Crippen molar-refractivity contribution < 1.29 is 4.79 Å². The molecule has 1 fully saturated rings. The fourth-order valence-corrected chi connectivity index (χ4v) is 3.00. The minimum absolute atomic E-state index is 0.0175. The quantitative estimate of drug-likeness (QED) is 0.895. The first-order valence-electron chi connectivity index (χ1n) is 7.15. The van der Waals surface area contributed by atoms with Gasteiger partial charge in [-0.1, -0.05) is 17.7 Å². The van der Waals surface area contributed by atoms with Gasteiger partial charge in [0.25, 0.3) is 0 Å². The zero-order chi connectivity index (χ0) is 14.9. The van der Waals surface area contributed by atoms with Crippen LogP contribution in [0.25, 0.3) is 10.9 Å². The minimum Gasteiger partial charge on any atom is -0.324 e. The van der Waals surface area contributed by atoms with Crippen molar-refractivity contribution in [1.29, 1.82) is 0 Å². The molecule has 1 unspecified atom stereocenters. The molecule has 0 saturated carbocycles. The fourth-order valence-electron chi connectivity index (χ4n) is 2.77. The third-order valence-corrected chi connectivity index (χ3v) is 4.28. The summed E-state index contributed by atoms with van der Waals surface area (Å²) in [7, 11) is 0. The van der Waals surface area contributed by atoms with Crippen molar-refractivity contribution in [3.8, 4) is 0 Å². The van der Waals surface area contributed by atoms with E-state index in [1.165, 1.54) is 0 Å². The van der Waals surface area contributed by atoms with E-state index in [9.17, 15) is 4.79 Å². The number of halogens is 1. The van der Waals surface area contributed by atoms with Gasteiger partial charge in [0.05, 0.1) is 16.6 Å². The number of pyridine rings is 1. The van der Waals surface area contributed by atoms with E-state index >= 15 is 0 Å². The van der Waals surface area contributed by atoms with Gasteiger partial charge in [-0.05, 0) is 44.5 Å². The Morgan fingerprint density at radius 1 is 1.48 bits per heavy atom. The van der Waals surface area contributed by atoms with Crippen LogP contribution in [0, 0.1) is 5.41 Å². The highest BCUT2D eigenvalue weighted by atomic mass is 35.5. The number of hydrogen-bond acceptors (Lipinski definition) is 3. The van der Waals surface area contributed by atoms with Crippen molar-refractivity contribution in [3.05, 3.63) is 35.5 Å². The Morgan fingerprint density at radius 3 is 3.10 bits per heavy atom. The molecule has 2 aromatic rings. The van der Waals surface area contributed by atoms with Gasteiger partial charge in [-0.2, -0.15) is 0 Å². The van der Waals surface area contributed by atoms with E-state index in [4.69, 9.17) is 11.6 Å². The molecule has 0 radical (unpaired) electrons. The summed E-state index contributed by atoms with van der Waals surface area (Å²) >= 11 is 6.14. The highest BCUT2D eigenvalue weighted by Gasteiger charge is 2.34. The maximum Gasteiger partial charge on any atom is 0.231 e. The second-order valence-corrected chi connectivity index (χ2v) is 6.26. The Labute approximate surface area is 128 Å². The number of nitrogens with one attached hydrogen (secondary N) is 2. The van der Waals surface area contributed by atoms with Crippen LogP contribution in [0.2, 0.25) is 5.02 Å². The third kappa shape index (κ3) is 2.87. The molecule has 1 aliphatic heterocycles. The molecule has 2 heterocycles. The van der Waals surface area contributed by atoms with Gasteiger partial charge < -0.3 is 10.6 Å². The summed E-state index contributed by atoms with van der Waals surface area (Å²) in [5.74, 6) is 0.0175. The van der Waals surface area contributed by atoms with Gasteiger partial charge in [0.1, 0.15) is 0 Å². The van der Waals surface area contributed by atoms with Gasteiger partial charge in [-0.15, -0.1) is 0 Å². The molecular weight excluding hydrogens is 286 g/mol. The van der Waals surface area contributed by atoms with Crippen LogP contribution in [0.3, 0.4) is 0 Å². The number of rotatable bonds is 2. The zero-order valence-electron chi connectivity index (χ0n) is 11.9. The van der Waals surface area contributed by atoms with Crippen molar-refractivity contribution in [1.82, 2.24) is 10.3 Å². The molecule has 1 aromatic heterocycles. The molecule has 0 bridgehead atoms. The summed E-state index contributed by atoms with van der Waals surface area (Å²) in [6, 6.07) is 7.40. The summed E-state index contributed by atoms with van der Waals surface area (Å²) in [6.45, 7) is 3.67. The lowest BCUT2D eigenvalue weighted by molar-refractivity contribution is -0.125. The van der Waals surface area contributed by atoms with Crippen molar-refractivity contribution in [3.63, 3.8) is 0 Å². The first-order chi connectivity index (χ1) is 10.1. The first-order valence-corrected chi connectivity index (χ1v) is 7.53. The lowest BCUT2D eigenvalue weighted by Crippen LogP contribution is -2.46. The number of hydrogen-bond donors (Lipinski definition) is 2. The van der Waals surface area contributed by atoms with Crippen LogP contribution in [0.15, 0.2) is 30.5 Å². The summed E-state index contributed by atoms with van der Waals surface area (Å²) in [5, 5.41) is 7.82. The van der Waals surface area contributed by atoms with Crippen LogP contribution in [-0.4, -0.2) is 24.0 Å². The third-order valence-electron chi connectivity index (χ3n) is 4.06. The number of aromatic nitrogens is 1. The number of nitrogens with zero attached hydrogens (tertiary/aromatic N) is 1. The molecule has 1 amide bonds.